The van der Waals surface area contributed by atoms with Crippen LogP contribution in [-0.4, -0.2) is 32.2 Å². The van der Waals surface area contributed by atoms with Crippen LogP contribution in [0.1, 0.15) is 37.4 Å². The summed E-state index contributed by atoms with van der Waals surface area (Å²) in [6.45, 7) is 0. The van der Waals surface area contributed by atoms with E-state index >= 15 is 0 Å². The van der Waals surface area contributed by atoms with Crippen molar-refractivity contribution in [2.24, 2.45) is 0 Å². The number of halogens is 2. The standard InChI is InChI=1S/C24H21Cl2N3O3/c25-15-3-1-14(2-4-15)18-9-29(13-27-18)24-10-23(11-24,12-24)28-22(31)21-8-19(30)17-7-16(26)5-6-20(17)32-21/h1-7,9,13,19,21,30H,8,10-12H2,(H,28,31)/t19-,21-,23?,24?/m1/s1. The van der Waals surface area contributed by atoms with Crippen molar-refractivity contribution in [1.82, 2.24) is 14.9 Å². The van der Waals surface area contributed by atoms with Crippen LogP contribution < -0.4 is 10.1 Å². The lowest BCUT2D eigenvalue weighted by Crippen LogP contribution is -2.79. The molecule has 2 aromatic carbocycles. The topological polar surface area (TPSA) is 76.4 Å². The number of aliphatic hydroxyl groups is 1. The molecule has 6 nitrogen and oxygen atoms in total. The largest absolute Gasteiger partial charge is 0.480 e. The van der Waals surface area contributed by atoms with Crippen molar-refractivity contribution < 1.29 is 14.6 Å². The van der Waals surface area contributed by atoms with Gasteiger partial charge in [-0.15, -0.1) is 0 Å². The van der Waals surface area contributed by atoms with E-state index < -0.39 is 12.2 Å². The summed E-state index contributed by atoms with van der Waals surface area (Å²) < 4.78 is 8.04. The van der Waals surface area contributed by atoms with Gasteiger partial charge in [-0.1, -0.05) is 35.3 Å². The zero-order valence-corrected chi connectivity index (χ0v) is 18.6. The van der Waals surface area contributed by atoms with Gasteiger partial charge in [-0.2, -0.15) is 0 Å². The first-order valence-corrected chi connectivity index (χ1v) is 11.4. The first kappa shape index (κ1) is 20.1. The van der Waals surface area contributed by atoms with Crippen LogP contribution >= 0.6 is 23.2 Å². The number of rotatable bonds is 4. The van der Waals surface area contributed by atoms with E-state index in [1.165, 1.54) is 0 Å². The average Bonchev–Trinajstić information content (AvgIpc) is 3.20. The molecule has 164 valence electrons. The number of aliphatic hydroxyl groups excluding tert-OH is 1. The van der Waals surface area contributed by atoms with Crippen LogP contribution in [-0.2, 0) is 10.3 Å². The fourth-order valence-corrected chi connectivity index (χ4v) is 5.72. The van der Waals surface area contributed by atoms with Crippen LogP contribution in [0, 0.1) is 0 Å². The first-order chi connectivity index (χ1) is 15.3. The normalized spacial score (nSPS) is 29.8. The van der Waals surface area contributed by atoms with E-state index in [1.54, 1.807) is 18.2 Å². The summed E-state index contributed by atoms with van der Waals surface area (Å²) in [6.07, 6.45) is 5.26. The fraction of sp³-hybridized carbons (Fsp3) is 0.333. The molecular formula is C24H21Cl2N3O3. The second-order valence-corrected chi connectivity index (χ2v) is 10.1. The van der Waals surface area contributed by atoms with Crippen LogP contribution in [0.25, 0.3) is 11.3 Å². The van der Waals surface area contributed by atoms with Gasteiger partial charge < -0.3 is 19.7 Å². The highest BCUT2D eigenvalue weighted by Crippen LogP contribution is 2.65. The number of aromatic nitrogens is 2. The minimum atomic E-state index is -0.773. The quantitative estimate of drug-likeness (QED) is 0.589. The molecule has 2 atom stereocenters. The summed E-state index contributed by atoms with van der Waals surface area (Å²) >= 11 is 12.0. The summed E-state index contributed by atoms with van der Waals surface area (Å²) in [4.78, 5) is 17.5. The average molecular weight is 470 g/mol. The minimum absolute atomic E-state index is 0.0151. The molecule has 3 fully saturated rings. The number of fused-ring (bicyclic) bond motifs is 1. The molecule has 4 aliphatic rings. The van der Waals surface area contributed by atoms with Gasteiger partial charge in [0.2, 0.25) is 0 Å². The van der Waals surface area contributed by atoms with E-state index in [9.17, 15) is 9.90 Å². The lowest BCUT2D eigenvalue weighted by Gasteiger charge is -2.70. The van der Waals surface area contributed by atoms with Crippen LogP contribution in [0.4, 0.5) is 0 Å². The van der Waals surface area contributed by atoms with E-state index in [1.807, 2.05) is 30.6 Å². The predicted octanol–water partition coefficient (Wildman–Crippen LogP) is 4.49. The number of benzene rings is 2. The van der Waals surface area contributed by atoms with Crippen molar-refractivity contribution in [1.29, 1.82) is 0 Å². The van der Waals surface area contributed by atoms with Gasteiger partial charge in [0.05, 0.1) is 23.7 Å². The molecule has 8 heteroatoms. The van der Waals surface area contributed by atoms with Gasteiger partial charge >= 0.3 is 0 Å². The number of nitrogens with zero attached hydrogens (tertiary/aromatic N) is 2. The minimum Gasteiger partial charge on any atom is -0.480 e. The Bertz CT molecular complexity index is 1200. The molecule has 2 bridgehead atoms. The van der Waals surface area contributed by atoms with Crippen molar-refractivity contribution in [3.8, 4) is 17.0 Å². The highest BCUT2D eigenvalue weighted by atomic mass is 35.5. The highest BCUT2D eigenvalue weighted by Gasteiger charge is 2.70. The van der Waals surface area contributed by atoms with Crippen molar-refractivity contribution in [3.05, 3.63) is 70.6 Å². The number of nitrogens with one attached hydrogen (secondary N) is 1. The lowest BCUT2D eigenvalue weighted by molar-refractivity contribution is -0.161. The lowest BCUT2D eigenvalue weighted by atomic mass is 9.44. The summed E-state index contributed by atoms with van der Waals surface area (Å²) in [5.74, 6) is 0.334. The number of amides is 1. The number of carbonyl (C=O) groups excluding carboxylic acids is 1. The molecular weight excluding hydrogens is 449 g/mol. The molecule has 7 rings (SSSR count). The van der Waals surface area contributed by atoms with Crippen LogP contribution in [0.2, 0.25) is 10.0 Å². The second-order valence-electron chi connectivity index (χ2n) is 9.24. The molecule has 3 aromatic rings. The van der Waals surface area contributed by atoms with E-state index in [-0.39, 0.29) is 23.4 Å². The zero-order valence-electron chi connectivity index (χ0n) is 17.1. The first-order valence-electron chi connectivity index (χ1n) is 10.6. The van der Waals surface area contributed by atoms with Gasteiger partial charge in [-0.3, -0.25) is 4.79 Å². The molecule has 1 amide bonds. The maximum Gasteiger partial charge on any atom is 0.261 e. The fourth-order valence-electron chi connectivity index (χ4n) is 5.41. The summed E-state index contributed by atoms with van der Waals surface area (Å²) in [6, 6.07) is 12.7. The number of ether oxygens (including phenoxy) is 1. The Hall–Kier alpha value is -2.54. The highest BCUT2D eigenvalue weighted by molar-refractivity contribution is 6.31. The Morgan fingerprint density at radius 3 is 2.59 bits per heavy atom. The third-order valence-electron chi connectivity index (χ3n) is 6.99. The molecule has 2 heterocycles. The Balaban J connectivity index is 1.10. The molecule has 32 heavy (non-hydrogen) atoms. The molecule has 1 aliphatic heterocycles. The van der Waals surface area contributed by atoms with Gasteiger partial charge in [0.15, 0.2) is 6.10 Å². The van der Waals surface area contributed by atoms with Crippen molar-refractivity contribution in [2.75, 3.05) is 0 Å². The van der Waals surface area contributed by atoms with Crippen molar-refractivity contribution in [3.63, 3.8) is 0 Å². The van der Waals surface area contributed by atoms with Gasteiger partial charge in [0.1, 0.15) is 5.75 Å². The van der Waals surface area contributed by atoms with Gasteiger partial charge in [0.25, 0.3) is 5.91 Å². The molecule has 1 aromatic heterocycles. The van der Waals surface area contributed by atoms with Crippen molar-refractivity contribution >= 4 is 29.1 Å². The summed E-state index contributed by atoms with van der Waals surface area (Å²) in [5, 5.41) is 14.9. The molecule has 0 radical (unpaired) electrons. The Morgan fingerprint density at radius 2 is 1.84 bits per heavy atom. The molecule has 0 saturated heterocycles. The third kappa shape index (κ3) is 3.12. The smallest absolute Gasteiger partial charge is 0.261 e. The molecule has 3 saturated carbocycles. The number of hydrogen-bond acceptors (Lipinski definition) is 4. The van der Waals surface area contributed by atoms with Gasteiger partial charge in [0, 0.05) is 39.3 Å². The molecule has 0 unspecified atom stereocenters. The number of carbonyl (C=O) groups is 1. The number of hydrogen-bond donors (Lipinski definition) is 2. The van der Waals surface area contributed by atoms with Gasteiger partial charge in [-0.05, 0) is 49.6 Å². The molecule has 3 aliphatic carbocycles. The Kier molecular flexibility index (Phi) is 4.38. The van der Waals surface area contributed by atoms with Gasteiger partial charge in [-0.25, -0.2) is 4.98 Å². The second kappa shape index (κ2) is 6.98. The SMILES string of the molecule is O=C(NC12CC(n3cnc(-c4ccc(Cl)cc4)c3)(C1)C2)[C@H]1C[C@@H](O)c2cc(Cl)ccc2O1. The zero-order chi connectivity index (χ0) is 22.1. The summed E-state index contributed by atoms with van der Waals surface area (Å²) in [7, 11) is 0. The van der Waals surface area contributed by atoms with Crippen LogP contribution in [0.5, 0.6) is 5.75 Å². The Labute approximate surface area is 195 Å². The predicted molar refractivity (Wildman–Crippen MR) is 121 cm³/mol. The number of imidazole rings is 1. The van der Waals surface area contributed by atoms with E-state index in [0.717, 1.165) is 30.5 Å². The van der Waals surface area contributed by atoms with E-state index in [2.05, 4.69) is 21.1 Å². The summed E-state index contributed by atoms with van der Waals surface area (Å²) in [5.41, 5.74) is 2.38. The Morgan fingerprint density at radius 1 is 1.12 bits per heavy atom. The van der Waals surface area contributed by atoms with Crippen molar-refractivity contribution in [2.45, 2.75) is 49.0 Å². The van der Waals surface area contributed by atoms with Crippen LogP contribution in [0.3, 0.4) is 0 Å². The van der Waals surface area contributed by atoms with E-state index in [0.29, 0.717) is 21.4 Å². The molecule has 2 N–H and O–H groups in total. The molecule has 0 spiro atoms. The van der Waals surface area contributed by atoms with E-state index in [4.69, 9.17) is 27.9 Å². The maximum atomic E-state index is 12.9. The monoisotopic (exact) mass is 469 g/mol. The maximum absolute atomic E-state index is 12.9. The van der Waals surface area contributed by atoms with Crippen LogP contribution in [0.15, 0.2) is 55.0 Å². The third-order valence-corrected chi connectivity index (χ3v) is 7.48.